The molecule has 0 saturated heterocycles. The quantitative estimate of drug-likeness (QED) is 0.463. The molecule has 4 fully saturated rings. The molecule has 2 bridgehead atoms. The molecule has 0 amide bonds. The van der Waals surface area contributed by atoms with Crippen molar-refractivity contribution < 1.29 is 29.6 Å². The van der Waals surface area contributed by atoms with E-state index in [-0.39, 0.29) is 24.5 Å². The van der Waals surface area contributed by atoms with Crippen molar-refractivity contribution in [1.29, 1.82) is 0 Å². The zero-order valence-corrected chi connectivity index (χ0v) is 17.1. The monoisotopic (exact) mass is 392 g/mol. The number of allylic oxidation sites excluding steroid dienone is 1. The van der Waals surface area contributed by atoms with Crippen molar-refractivity contribution >= 4 is 11.8 Å². The van der Waals surface area contributed by atoms with Gasteiger partial charge in [-0.25, -0.2) is 0 Å². The van der Waals surface area contributed by atoms with E-state index in [1.807, 2.05) is 20.8 Å². The zero-order chi connectivity index (χ0) is 20.8. The van der Waals surface area contributed by atoms with Crippen molar-refractivity contribution in [2.45, 2.75) is 77.8 Å². The molecule has 156 valence electrons. The number of carbonyl (C=O) groups excluding carboxylic acids is 2. The molecule has 0 heterocycles. The molecule has 4 rings (SSSR count). The molecule has 28 heavy (non-hydrogen) atoms. The van der Waals surface area contributed by atoms with E-state index in [9.17, 15) is 24.9 Å². The van der Waals surface area contributed by atoms with Gasteiger partial charge in [-0.2, -0.15) is 0 Å². The second-order valence-electron chi connectivity index (χ2n) is 10.5. The molecule has 1 spiro atoms. The number of aliphatic hydroxyl groups excluding tert-OH is 3. The Kier molecular flexibility index (Phi) is 4.22. The molecular formula is C22H32O6. The minimum Gasteiger partial charge on any atom is -0.462 e. The predicted octanol–water partition coefficient (Wildman–Crippen LogP) is 1.61. The number of carbonyl (C=O) groups is 2. The normalized spacial score (nSPS) is 52.0. The molecule has 6 heteroatoms. The lowest BCUT2D eigenvalue weighted by Crippen LogP contribution is -2.71. The number of hydrogen-bond donors (Lipinski definition) is 3. The lowest BCUT2D eigenvalue weighted by molar-refractivity contribution is -0.276. The molecule has 0 aliphatic heterocycles. The summed E-state index contributed by atoms with van der Waals surface area (Å²) >= 11 is 0. The molecular weight excluding hydrogens is 360 g/mol. The minimum atomic E-state index is -0.909. The van der Waals surface area contributed by atoms with Crippen LogP contribution in [-0.4, -0.2) is 51.5 Å². The highest BCUT2D eigenvalue weighted by atomic mass is 16.5. The third-order valence-electron chi connectivity index (χ3n) is 8.77. The summed E-state index contributed by atoms with van der Waals surface area (Å²) in [6.45, 7) is 11.1. The third kappa shape index (κ3) is 2.25. The second-order valence-corrected chi connectivity index (χ2v) is 10.5. The molecule has 6 nitrogen and oxygen atoms in total. The number of rotatable bonds is 1. The van der Waals surface area contributed by atoms with Gasteiger partial charge in [0.1, 0.15) is 6.10 Å². The Morgan fingerprint density at radius 1 is 1.07 bits per heavy atom. The molecule has 0 aromatic carbocycles. The second kappa shape index (κ2) is 5.89. The van der Waals surface area contributed by atoms with Gasteiger partial charge in [-0.3, -0.25) is 9.59 Å². The van der Waals surface area contributed by atoms with Crippen LogP contribution in [0.2, 0.25) is 0 Å². The fourth-order valence-corrected chi connectivity index (χ4v) is 7.84. The van der Waals surface area contributed by atoms with Crippen LogP contribution in [0.25, 0.3) is 0 Å². The van der Waals surface area contributed by atoms with Crippen molar-refractivity contribution in [3.05, 3.63) is 12.2 Å². The van der Waals surface area contributed by atoms with Crippen LogP contribution < -0.4 is 0 Å². The summed E-state index contributed by atoms with van der Waals surface area (Å²) < 4.78 is 5.74. The van der Waals surface area contributed by atoms with E-state index in [2.05, 4.69) is 6.58 Å². The minimum absolute atomic E-state index is 0.0491. The highest BCUT2D eigenvalue weighted by Gasteiger charge is 2.74. The first kappa shape index (κ1) is 20.0. The van der Waals surface area contributed by atoms with Gasteiger partial charge in [-0.05, 0) is 36.2 Å². The molecule has 9 atom stereocenters. The fourth-order valence-electron chi connectivity index (χ4n) is 7.84. The maximum absolute atomic E-state index is 13.4. The van der Waals surface area contributed by atoms with Gasteiger partial charge in [0.05, 0.1) is 18.3 Å². The van der Waals surface area contributed by atoms with E-state index in [0.717, 1.165) is 0 Å². The maximum atomic E-state index is 13.4. The zero-order valence-electron chi connectivity index (χ0n) is 17.1. The van der Waals surface area contributed by atoms with Crippen molar-refractivity contribution in [1.82, 2.24) is 0 Å². The average molecular weight is 392 g/mol. The van der Waals surface area contributed by atoms with E-state index in [1.54, 1.807) is 0 Å². The summed E-state index contributed by atoms with van der Waals surface area (Å²) in [5.41, 5.74) is -1.83. The highest BCUT2D eigenvalue weighted by Crippen LogP contribution is 2.71. The highest BCUT2D eigenvalue weighted by molar-refractivity contribution is 6.03. The molecule has 4 aliphatic rings. The van der Waals surface area contributed by atoms with Crippen LogP contribution in [0.4, 0.5) is 0 Å². The van der Waals surface area contributed by atoms with Gasteiger partial charge in [0.15, 0.2) is 5.78 Å². The average Bonchev–Trinajstić information content (AvgIpc) is 2.73. The van der Waals surface area contributed by atoms with Gasteiger partial charge in [-0.1, -0.05) is 27.4 Å². The molecule has 0 radical (unpaired) electrons. The van der Waals surface area contributed by atoms with E-state index in [1.165, 1.54) is 6.92 Å². The van der Waals surface area contributed by atoms with Crippen LogP contribution >= 0.6 is 0 Å². The van der Waals surface area contributed by atoms with Gasteiger partial charge >= 0.3 is 5.97 Å². The molecule has 4 saturated carbocycles. The van der Waals surface area contributed by atoms with Gasteiger partial charge in [-0.15, -0.1) is 0 Å². The maximum Gasteiger partial charge on any atom is 0.302 e. The third-order valence-corrected chi connectivity index (χ3v) is 8.77. The molecule has 0 aromatic heterocycles. The van der Waals surface area contributed by atoms with Crippen LogP contribution in [0.3, 0.4) is 0 Å². The Labute approximate surface area is 166 Å². The van der Waals surface area contributed by atoms with Gasteiger partial charge < -0.3 is 20.1 Å². The summed E-state index contributed by atoms with van der Waals surface area (Å²) in [7, 11) is 0. The number of ketones is 1. The SMILES string of the molecule is C=C1C(=O)[C@]23C[C@H]1C[C@H](OC(C)=O)[C@H]2[C@@]1(C)[C@H]([C@@H](O)C3)C(C)(C)[C@@H](O)C[C@@H]1O. The topological polar surface area (TPSA) is 104 Å². The van der Waals surface area contributed by atoms with Crippen LogP contribution in [0.15, 0.2) is 12.2 Å². The van der Waals surface area contributed by atoms with Gasteiger partial charge in [0.2, 0.25) is 0 Å². The summed E-state index contributed by atoms with van der Waals surface area (Å²) in [5, 5.41) is 33.1. The first-order valence-corrected chi connectivity index (χ1v) is 10.3. The molecule has 0 aromatic rings. The van der Waals surface area contributed by atoms with Crippen LogP contribution in [0.1, 0.15) is 53.4 Å². The molecule has 4 aliphatic carbocycles. The Balaban J connectivity index is 1.92. The smallest absolute Gasteiger partial charge is 0.302 e. The fraction of sp³-hybridized carbons (Fsp3) is 0.818. The number of fused-ring (bicyclic) bond motifs is 3. The molecule has 3 N–H and O–H groups in total. The summed E-state index contributed by atoms with van der Waals surface area (Å²) in [4.78, 5) is 25.3. The van der Waals surface area contributed by atoms with Gasteiger partial charge in [0, 0.05) is 36.0 Å². The summed E-state index contributed by atoms with van der Waals surface area (Å²) in [6.07, 6.45) is -1.49. The summed E-state index contributed by atoms with van der Waals surface area (Å²) in [6, 6.07) is 0. The van der Waals surface area contributed by atoms with Crippen LogP contribution in [0.5, 0.6) is 0 Å². The van der Waals surface area contributed by atoms with Crippen molar-refractivity contribution in [2.24, 2.45) is 34.0 Å². The van der Waals surface area contributed by atoms with E-state index < -0.39 is 58.5 Å². The Hall–Kier alpha value is -1.24. The summed E-state index contributed by atoms with van der Waals surface area (Å²) in [5.74, 6) is -1.35. The first-order chi connectivity index (χ1) is 12.9. The lowest BCUT2D eigenvalue weighted by atomic mass is 9.38. The number of aliphatic hydroxyl groups is 3. The standard InChI is InChI=1S/C22H32O6/c1-10-12-6-14(28-11(2)23)18-21(5)16(26)7-15(25)20(3,4)17(21)13(24)9-22(18,8-12)19(10)27/h12-18,24-26H,1,6-9H2,2-5H3/t12-,13+,14+,15+,16+,17-,18+,21-,22+/m1/s1. The van der Waals surface area contributed by atoms with Crippen LogP contribution in [0, 0.1) is 34.0 Å². The van der Waals surface area contributed by atoms with Crippen molar-refractivity contribution in [2.75, 3.05) is 0 Å². The van der Waals surface area contributed by atoms with Crippen molar-refractivity contribution in [3.8, 4) is 0 Å². The Morgan fingerprint density at radius 3 is 2.32 bits per heavy atom. The van der Waals surface area contributed by atoms with Gasteiger partial charge in [0.25, 0.3) is 0 Å². The van der Waals surface area contributed by atoms with Crippen LogP contribution in [-0.2, 0) is 14.3 Å². The first-order valence-electron chi connectivity index (χ1n) is 10.3. The number of hydrogen-bond acceptors (Lipinski definition) is 6. The molecule has 0 unspecified atom stereocenters. The number of ether oxygens (including phenoxy) is 1. The van der Waals surface area contributed by atoms with E-state index in [4.69, 9.17) is 4.74 Å². The largest absolute Gasteiger partial charge is 0.462 e. The Bertz CT molecular complexity index is 743. The van der Waals surface area contributed by atoms with E-state index >= 15 is 0 Å². The van der Waals surface area contributed by atoms with Crippen molar-refractivity contribution in [3.63, 3.8) is 0 Å². The number of Topliss-reactive ketones (excluding diaryl/α,β-unsaturated/α-hetero) is 1. The number of esters is 1. The lowest BCUT2D eigenvalue weighted by Gasteiger charge is -2.67. The predicted molar refractivity (Wildman–Crippen MR) is 101 cm³/mol. The Morgan fingerprint density at radius 2 is 1.71 bits per heavy atom. The van der Waals surface area contributed by atoms with E-state index in [0.29, 0.717) is 18.4 Å².